The maximum Gasteiger partial charge on any atom is 0.406 e. The van der Waals surface area contributed by atoms with E-state index in [-0.39, 0.29) is 27.5 Å². The van der Waals surface area contributed by atoms with Crippen molar-refractivity contribution < 1.29 is 18.0 Å². The number of fused-ring (bicyclic) bond motifs is 3. The summed E-state index contributed by atoms with van der Waals surface area (Å²) in [6.07, 6.45) is -2.04. The average molecular weight is 387 g/mol. The van der Waals surface area contributed by atoms with Crippen LogP contribution in [0.3, 0.4) is 0 Å². The summed E-state index contributed by atoms with van der Waals surface area (Å²) in [7, 11) is 0. The molecular formula is C18H12F3N5O2. The number of aromatic nitrogens is 4. The minimum Gasteiger partial charge on any atom is -0.366 e. The van der Waals surface area contributed by atoms with Crippen LogP contribution in [0.2, 0.25) is 0 Å². The van der Waals surface area contributed by atoms with E-state index in [0.717, 1.165) is 0 Å². The molecule has 0 fully saturated rings. The smallest absolute Gasteiger partial charge is 0.366 e. The minimum atomic E-state index is -4.62. The van der Waals surface area contributed by atoms with Gasteiger partial charge in [-0.2, -0.15) is 18.3 Å². The third-order valence-corrected chi connectivity index (χ3v) is 4.35. The van der Waals surface area contributed by atoms with E-state index in [9.17, 15) is 22.8 Å². The number of primary amides is 1. The quantitative estimate of drug-likeness (QED) is 0.563. The van der Waals surface area contributed by atoms with Gasteiger partial charge in [0.25, 0.3) is 5.56 Å². The van der Waals surface area contributed by atoms with Crippen LogP contribution in [0.4, 0.5) is 13.2 Å². The second-order valence-electron chi connectivity index (χ2n) is 6.17. The van der Waals surface area contributed by atoms with Gasteiger partial charge in [0.1, 0.15) is 12.1 Å². The Balaban J connectivity index is 2.07. The molecule has 142 valence electrons. The second kappa shape index (κ2) is 6.19. The third-order valence-electron chi connectivity index (χ3n) is 4.35. The maximum absolute atomic E-state index is 13.1. The van der Waals surface area contributed by atoms with Gasteiger partial charge in [-0.15, -0.1) is 0 Å². The van der Waals surface area contributed by atoms with E-state index in [1.54, 1.807) is 18.2 Å². The number of nitrogens with zero attached hydrogens (tertiary/aromatic N) is 3. The number of nitrogens with two attached hydrogens (primary N) is 1. The van der Waals surface area contributed by atoms with Crippen molar-refractivity contribution in [2.75, 3.05) is 0 Å². The topological polar surface area (TPSA) is 107 Å². The lowest BCUT2D eigenvalue weighted by molar-refractivity contribution is -0.140. The number of H-pyrrole nitrogens is 1. The van der Waals surface area contributed by atoms with E-state index < -0.39 is 24.2 Å². The van der Waals surface area contributed by atoms with Crippen LogP contribution in [0.15, 0.2) is 47.5 Å². The zero-order valence-corrected chi connectivity index (χ0v) is 14.1. The number of benzene rings is 1. The summed E-state index contributed by atoms with van der Waals surface area (Å²) >= 11 is 0. The van der Waals surface area contributed by atoms with Gasteiger partial charge < -0.3 is 5.73 Å². The second-order valence-corrected chi connectivity index (χ2v) is 6.17. The van der Waals surface area contributed by atoms with Gasteiger partial charge >= 0.3 is 6.18 Å². The average Bonchev–Trinajstić information content (AvgIpc) is 3.14. The summed E-state index contributed by atoms with van der Waals surface area (Å²) < 4.78 is 39.9. The molecule has 0 aliphatic rings. The van der Waals surface area contributed by atoms with E-state index in [1.165, 1.54) is 24.5 Å². The van der Waals surface area contributed by atoms with Crippen molar-refractivity contribution >= 4 is 27.8 Å². The van der Waals surface area contributed by atoms with E-state index in [0.29, 0.717) is 15.7 Å². The van der Waals surface area contributed by atoms with Crippen LogP contribution in [0.25, 0.3) is 33.1 Å². The third kappa shape index (κ3) is 2.88. The molecule has 0 aliphatic heterocycles. The highest BCUT2D eigenvalue weighted by Crippen LogP contribution is 2.29. The van der Waals surface area contributed by atoms with Gasteiger partial charge in [-0.25, -0.2) is 0 Å². The van der Waals surface area contributed by atoms with Crippen molar-refractivity contribution in [3.8, 4) is 11.1 Å². The number of nitrogens with one attached hydrogen (secondary N) is 1. The molecule has 0 atom stereocenters. The van der Waals surface area contributed by atoms with Crippen molar-refractivity contribution in [2.24, 2.45) is 5.73 Å². The number of hydrogen-bond acceptors (Lipinski definition) is 4. The Labute approximate surface area is 154 Å². The summed E-state index contributed by atoms with van der Waals surface area (Å²) in [4.78, 5) is 28.5. The Bertz CT molecular complexity index is 1290. The van der Waals surface area contributed by atoms with Crippen LogP contribution in [-0.4, -0.2) is 31.8 Å². The van der Waals surface area contributed by atoms with Crippen LogP contribution < -0.4 is 11.3 Å². The van der Waals surface area contributed by atoms with E-state index >= 15 is 0 Å². The van der Waals surface area contributed by atoms with Gasteiger partial charge in [0.2, 0.25) is 5.91 Å². The number of alkyl halides is 3. The Morgan fingerprint density at radius 2 is 1.96 bits per heavy atom. The highest BCUT2D eigenvalue weighted by atomic mass is 19.4. The van der Waals surface area contributed by atoms with Gasteiger partial charge in [-0.05, 0) is 17.7 Å². The number of carbonyl (C=O) groups excluding carboxylic acids is 1. The summed E-state index contributed by atoms with van der Waals surface area (Å²) in [6.45, 7) is -1.48. The molecule has 4 rings (SSSR count). The molecule has 1 aromatic carbocycles. The molecule has 0 bridgehead atoms. The largest absolute Gasteiger partial charge is 0.406 e. The number of halogens is 3. The molecule has 3 aromatic heterocycles. The van der Waals surface area contributed by atoms with Crippen LogP contribution in [0.1, 0.15) is 10.4 Å². The number of pyridine rings is 2. The Hall–Kier alpha value is -3.69. The van der Waals surface area contributed by atoms with E-state index in [1.807, 2.05) is 0 Å². The fourth-order valence-corrected chi connectivity index (χ4v) is 3.17. The molecule has 0 spiro atoms. The van der Waals surface area contributed by atoms with Crippen LogP contribution in [0, 0.1) is 0 Å². The molecule has 1 amide bonds. The zero-order valence-electron chi connectivity index (χ0n) is 14.1. The van der Waals surface area contributed by atoms with Crippen LogP contribution in [-0.2, 0) is 6.54 Å². The summed E-state index contributed by atoms with van der Waals surface area (Å²) in [5, 5.41) is 6.36. The van der Waals surface area contributed by atoms with E-state index in [2.05, 4.69) is 15.2 Å². The van der Waals surface area contributed by atoms with Gasteiger partial charge in [-0.1, -0.05) is 18.2 Å². The molecule has 0 saturated heterocycles. The monoisotopic (exact) mass is 387 g/mol. The van der Waals surface area contributed by atoms with Gasteiger partial charge in [0.15, 0.2) is 0 Å². The fourth-order valence-electron chi connectivity index (χ4n) is 3.17. The van der Waals surface area contributed by atoms with Gasteiger partial charge in [0, 0.05) is 17.3 Å². The lowest BCUT2D eigenvalue weighted by Gasteiger charge is -2.14. The maximum atomic E-state index is 13.1. The van der Waals surface area contributed by atoms with Crippen molar-refractivity contribution in [3.05, 3.63) is 58.6 Å². The fraction of sp³-hybridized carbons (Fsp3) is 0.111. The molecule has 28 heavy (non-hydrogen) atoms. The molecule has 3 N–H and O–H groups in total. The number of carbonyl (C=O) groups is 1. The molecular weight excluding hydrogens is 375 g/mol. The van der Waals surface area contributed by atoms with E-state index in [4.69, 9.17) is 5.73 Å². The Morgan fingerprint density at radius 3 is 2.68 bits per heavy atom. The lowest BCUT2D eigenvalue weighted by atomic mass is 10.00. The molecule has 0 saturated carbocycles. The number of amides is 1. The molecule has 0 unspecified atom stereocenters. The highest BCUT2D eigenvalue weighted by molar-refractivity contribution is 6.03. The molecule has 0 radical (unpaired) electrons. The summed E-state index contributed by atoms with van der Waals surface area (Å²) in [5.41, 5.74) is 5.88. The van der Waals surface area contributed by atoms with Crippen molar-refractivity contribution in [1.82, 2.24) is 19.7 Å². The van der Waals surface area contributed by atoms with Crippen LogP contribution in [0.5, 0.6) is 0 Å². The number of aromatic amines is 1. The molecule has 0 aliphatic carbocycles. The van der Waals surface area contributed by atoms with Gasteiger partial charge in [-0.3, -0.25) is 24.2 Å². The molecule has 7 nitrogen and oxygen atoms in total. The van der Waals surface area contributed by atoms with Crippen LogP contribution >= 0.6 is 0 Å². The summed E-state index contributed by atoms with van der Waals surface area (Å²) in [6, 6.07) is 7.77. The standard InChI is InChI=1S/C18H12F3N5O2/c19-18(20,21)8-26-13-5-9(10-3-1-2-4-11(10)16(22)27)6-23-15(13)14-12(17(26)28)7-24-25-14/h1-7H,8H2,(H2,22,27)(H,24,25). The molecule has 10 heteroatoms. The highest BCUT2D eigenvalue weighted by Gasteiger charge is 2.30. The first-order valence-electron chi connectivity index (χ1n) is 8.08. The lowest BCUT2D eigenvalue weighted by Crippen LogP contribution is -2.28. The SMILES string of the molecule is NC(=O)c1ccccc1-c1cnc2c3[nH]ncc3c(=O)n(CC(F)(F)F)c2c1. The normalized spacial score (nSPS) is 12.0. The zero-order chi connectivity index (χ0) is 20.1. The van der Waals surface area contributed by atoms with Crippen molar-refractivity contribution in [1.29, 1.82) is 0 Å². The molecule has 4 aromatic rings. The van der Waals surface area contributed by atoms with Crippen molar-refractivity contribution in [2.45, 2.75) is 12.7 Å². The first-order chi connectivity index (χ1) is 13.3. The Kier molecular flexibility index (Phi) is 3.91. The first-order valence-corrected chi connectivity index (χ1v) is 8.08. The minimum absolute atomic E-state index is 0.00883. The molecule has 3 heterocycles. The first kappa shape index (κ1) is 17.7. The number of hydrogen-bond donors (Lipinski definition) is 2. The number of rotatable bonds is 3. The predicted molar refractivity (Wildman–Crippen MR) is 95.7 cm³/mol. The predicted octanol–water partition coefficient (Wildman–Crippen LogP) is 2.60. The van der Waals surface area contributed by atoms with Gasteiger partial charge in [0.05, 0.1) is 22.6 Å². The van der Waals surface area contributed by atoms with Crippen molar-refractivity contribution in [3.63, 3.8) is 0 Å². The summed E-state index contributed by atoms with van der Waals surface area (Å²) in [5.74, 6) is -0.688. The Morgan fingerprint density at radius 1 is 1.21 bits per heavy atom.